The largest absolute Gasteiger partial charge is 0.497 e. The number of nitrogens with one attached hydrogen (secondary N) is 2. The molecule has 1 aliphatic heterocycles. The number of amides is 1. The number of aromatic amines is 1. The second kappa shape index (κ2) is 22.8. The molecule has 1 aliphatic rings. The van der Waals surface area contributed by atoms with Crippen LogP contribution in [0.1, 0.15) is 70.9 Å². The van der Waals surface area contributed by atoms with Crippen molar-refractivity contribution in [2.24, 2.45) is 5.92 Å². The SMILES string of the molecule is COCCOC1C(OP(OCCC#N)N(C(C)C)C(C)C)C(COC(c2ccccc2)(c2ccc(OC)cc2)c2ccc(OC)cc2)O[C@@H]1n1cnc2c(=O)[nH]c(NC(=O)C(C)C)nc21. The zero-order valence-electron chi connectivity index (χ0n) is 38.4. The molecule has 18 heteroatoms. The number of nitriles is 1. The van der Waals surface area contributed by atoms with Gasteiger partial charge in [0.2, 0.25) is 11.9 Å². The minimum absolute atomic E-state index is 0.0206. The van der Waals surface area contributed by atoms with Crippen molar-refractivity contribution >= 4 is 31.5 Å². The van der Waals surface area contributed by atoms with E-state index in [1.165, 1.54) is 6.33 Å². The van der Waals surface area contributed by atoms with E-state index in [4.69, 9.17) is 37.5 Å². The lowest BCUT2D eigenvalue weighted by atomic mass is 9.80. The molecule has 0 aliphatic carbocycles. The van der Waals surface area contributed by atoms with Gasteiger partial charge in [-0.05, 0) is 68.7 Å². The fraction of sp³-hybridized carbons (Fsp3) is 0.468. The molecule has 1 amide bonds. The third kappa shape index (κ3) is 11.2. The van der Waals surface area contributed by atoms with Crippen molar-refractivity contribution in [1.82, 2.24) is 24.2 Å². The highest BCUT2D eigenvalue weighted by atomic mass is 31.2. The highest BCUT2D eigenvalue weighted by Gasteiger charge is 2.52. The van der Waals surface area contributed by atoms with Crippen LogP contribution in [0.25, 0.3) is 11.2 Å². The van der Waals surface area contributed by atoms with E-state index in [0.717, 1.165) is 16.7 Å². The fourth-order valence-corrected chi connectivity index (χ4v) is 9.52. The summed E-state index contributed by atoms with van der Waals surface area (Å²) < 4.78 is 55.2. The van der Waals surface area contributed by atoms with E-state index in [9.17, 15) is 14.9 Å². The number of hydrogen-bond donors (Lipinski definition) is 2. The Balaban J connectivity index is 1.53. The zero-order valence-corrected chi connectivity index (χ0v) is 39.3. The molecule has 2 N–H and O–H groups in total. The number of fused-ring (bicyclic) bond motifs is 1. The molecule has 17 nitrogen and oxygen atoms in total. The number of benzene rings is 3. The lowest BCUT2D eigenvalue weighted by molar-refractivity contribution is -0.118. The summed E-state index contributed by atoms with van der Waals surface area (Å²) in [5, 5.41) is 12.2. The Morgan fingerprint density at radius 1 is 0.892 bits per heavy atom. The third-order valence-corrected chi connectivity index (χ3v) is 13.0. The van der Waals surface area contributed by atoms with Gasteiger partial charge in [-0.3, -0.25) is 24.5 Å². The molecular formula is C47H60N7O10P. The first-order chi connectivity index (χ1) is 31.4. The Labute approximate surface area is 381 Å². The van der Waals surface area contributed by atoms with Crippen LogP contribution < -0.4 is 20.3 Å². The third-order valence-electron chi connectivity index (χ3n) is 10.9. The second-order valence-electron chi connectivity index (χ2n) is 16.2. The van der Waals surface area contributed by atoms with Crippen LogP contribution in [0.15, 0.2) is 90.0 Å². The van der Waals surface area contributed by atoms with Crippen LogP contribution in [0, 0.1) is 17.2 Å². The van der Waals surface area contributed by atoms with Gasteiger partial charge in [0, 0.05) is 25.1 Å². The van der Waals surface area contributed by atoms with Crippen LogP contribution in [-0.2, 0) is 38.4 Å². The standard InChI is InChI=1S/C47H60N7O10P/c1-30(2)43(55)51-46-50-42-39(44(56)52-46)49-29-53(42)45-41(60-27-26-57-7)40(64-65(62-25-13-24-48)54(31(3)4)32(5)6)38(63-45)28-61-47(33-14-11-10-12-15-33,34-16-20-36(58-8)21-17-34)35-18-22-37(59-9)23-19-35/h10-12,14-23,29-32,38,40-41,45H,13,25-28H2,1-9H3,(H2,50,51,52,55,56)/t38?,40?,41?,45-,65?/m0/s1. The van der Waals surface area contributed by atoms with Crippen LogP contribution in [0.3, 0.4) is 0 Å². The van der Waals surface area contributed by atoms with Crippen molar-refractivity contribution in [3.8, 4) is 17.6 Å². The molecule has 1 saturated heterocycles. The van der Waals surface area contributed by atoms with Gasteiger partial charge in [0.05, 0.1) is 59.5 Å². The van der Waals surface area contributed by atoms with E-state index in [1.807, 2.05) is 78.9 Å². The number of carbonyl (C=O) groups is 1. The van der Waals surface area contributed by atoms with Crippen LogP contribution in [0.4, 0.5) is 5.95 Å². The molecule has 5 atom stereocenters. The molecule has 6 rings (SSSR count). The Hall–Kier alpha value is -5.28. The summed E-state index contributed by atoms with van der Waals surface area (Å²) in [7, 11) is 2.97. The molecule has 0 bridgehead atoms. The average molecular weight is 914 g/mol. The first-order valence-electron chi connectivity index (χ1n) is 21.6. The Morgan fingerprint density at radius 3 is 2.06 bits per heavy atom. The monoisotopic (exact) mass is 913 g/mol. The molecule has 3 heterocycles. The zero-order chi connectivity index (χ0) is 46.7. The molecule has 3 aromatic carbocycles. The summed E-state index contributed by atoms with van der Waals surface area (Å²) in [4.78, 5) is 38.0. The topological polar surface area (TPSA) is 194 Å². The van der Waals surface area contributed by atoms with Gasteiger partial charge in [0.25, 0.3) is 14.1 Å². The van der Waals surface area contributed by atoms with Crippen LogP contribution in [0.5, 0.6) is 11.5 Å². The summed E-state index contributed by atoms with van der Waals surface area (Å²) in [5.41, 5.74) is 0.841. The van der Waals surface area contributed by atoms with Crippen molar-refractivity contribution in [3.63, 3.8) is 0 Å². The highest BCUT2D eigenvalue weighted by Crippen LogP contribution is 2.51. The lowest BCUT2D eigenvalue weighted by Crippen LogP contribution is -2.43. The van der Waals surface area contributed by atoms with Gasteiger partial charge >= 0.3 is 0 Å². The van der Waals surface area contributed by atoms with Gasteiger partial charge in [-0.25, -0.2) is 9.65 Å². The van der Waals surface area contributed by atoms with Crippen LogP contribution in [-0.4, -0.2) is 108 Å². The number of H-pyrrole nitrogens is 1. The number of rotatable bonds is 23. The molecule has 348 valence electrons. The number of ether oxygens (including phenoxy) is 6. The van der Waals surface area contributed by atoms with Crippen molar-refractivity contribution < 1.29 is 42.3 Å². The minimum atomic E-state index is -1.85. The van der Waals surface area contributed by atoms with E-state index in [1.54, 1.807) is 39.7 Å². The summed E-state index contributed by atoms with van der Waals surface area (Å²) >= 11 is 0. The van der Waals surface area contributed by atoms with E-state index in [2.05, 4.69) is 58.7 Å². The van der Waals surface area contributed by atoms with Crippen LogP contribution >= 0.6 is 8.53 Å². The van der Waals surface area contributed by atoms with Gasteiger partial charge in [-0.1, -0.05) is 68.4 Å². The number of anilines is 1. The maximum atomic E-state index is 13.5. The minimum Gasteiger partial charge on any atom is -0.497 e. The van der Waals surface area contributed by atoms with Crippen LogP contribution in [0.2, 0.25) is 0 Å². The highest BCUT2D eigenvalue weighted by molar-refractivity contribution is 7.44. The average Bonchev–Trinajstić information content (AvgIpc) is 3.88. The van der Waals surface area contributed by atoms with Gasteiger partial charge < -0.3 is 37.5 Å². The summed E-state index contributed by atoms with van der Waals surface area (Å²) in [6, 6.07) is 27.5. The summed E-state index contributed by atoms with van der Waals surface area (Å²) in [5.74, 6) is 0.594. The lowest BCUT2D eigenvalue weighted by Gasteiger charge is -2.39. The molecule has 5 aromatic rings. The Kier molecular flexibility index (Phi) is 17.2. The normalized spacial score (nSPS) is 18.2. The predicted octanol–water partition coefficient (Wildman–Crippen LogP) is 7.33. The number of nitrogens with zero attached hydrogens (tertiary/aromatic N) is 5. The maximum Gasteiger partial charge on any atom is 0.280 e. The molecule has 65 heavy (non-hydrogen) atoms. The molecule has 0 spiro atoms. The smallest absolute Gasteiger partial charge is 0.280 e. The second-order valence-corrected chi connectivity index (χ2v) is 17.6. The number of aromatic nitrogens is 4. The van der Waals surface area contributed by atoms with Crippen molar-refractivity contribution in [2.75, 3.05) is 53.1 Å². The van der Waals surface area contributed by atoms with Gasteiger partial charge in [-0.2, -0.15) is 10.2 Å². The molecule has 0 radical (unpaired) electrons. The predicted molar refractivity (Wildman–Crippen MR) is 245 cm³/mol. The Morgan fingerprint density at radius 2 is 1.51 bits per heavy atom. The van der Waals surface area contributed by atoms with Crippen molar-refractivity contribution in [3.05, 3.63) is 112 Å². The van der Waals surface area contributed by atoms with E-state index >= 15 is 0 Å². The number of carbonyl (C=O) groups excluding carboxylic acids is 1. The van der Waals surface area contributed by atoms with E-state index < -0.39 is 44.2 Å². The summed E-state index contributed by atoms with van der Waals surface area (Å²) in [6.45, 7) is 12.1. The first-order valence-corrected chi connectivity index (χ1v) is 22.8. The fourth-order valence-electron chi connectivity index (χ4n) is 7.75. The quantitative estimate of drug-likeness (QED) is 0.0376. The van der Waals surface area contributed by atoms with Gasteiger partial charge in [0.15, 0.2) is 17.4 Å². The number of imidazole rings is 1. The molecule has 1 fully saturated rings. The van der Waals surface area contributed by atoms with Gasteiger partial charge in [0.1, 0.15) is 35.4 Å². The molecule has 4 unspecified atom stereocenters. The summed E-state index contributed by atoms with van der Waals surface area (Å²) in [6.07, 6.45) is -2.07. The Bertz CT molecular complexity index is 2330. The molecule has 0 saturated carbocycles. The van der Waals surface area contributed by atoms with E-state index in [-0.39, 0.29) is 73.9 Å². The molecular weight excluding hydrogens is 854 g/mol. The number of methoxy groups -OCH3 is 3. The number of hydrogen-bond acceptors (Lipinski definition) is 14. The van der Waals surface area contributed by atoms with Crippen molar-refractivity contribution in [2.45, 2.75) is 90.2 Å². The van der Waals surface area contributed by atoms with Crippen molar-refractivity contribution in [1.29, 1.82) is 5.26 Å². The van der Waals surface area contributed by atoms with E-state index in [0.29, 0.717) is 11.5 Å². The molecule has 2 aromatic heterocycles. The van der Waals surface area contributed by atoms with Gasteiger partial charge in [-0.15, -0.1) is 0 Å². The maximum absolute atomic E-state index is 13.5. The first kappa shape index (κ1) is 49.2.